The molecule has 0 saturated heterocycles. The fraction of sp³-hybridized carbons (Fsp3) is 0. The van der Waals surface area contributed by atoms with Crippen molar-refractivity contribution < 1.29 is 0 Å². The minimum absolute atomic E-state index is 0.677. The molecule has 0 fully saturated rings. The van der Waals surface area contributed by atoms with Crippen LogP contribution in [0, 0.1) is 11.3 Å². The first kappa shape index (κ1) is 20.1. The topological polar surface area (TPSA) is 28.7 Å². The van der Waals surface area contributed by atoms with Gasteiger partial charge in [0.15, 0.2) is 0 Å². The van der Waals surface area contributed by atoms with E-state index in [-0.39, 0.29) is 0 Å². The summed E-state index contributed by atoms with van der Waals surface area (Å²) in [4.78, 5) is 0. The molecule has 8 rings (SSSR count). The smallest absolute Gasteiger partial charge is 0.0991 e. The summed E-state index contributed by atoms with van der Waals surface area (Å²) in [7, 11) is 0. The Hall–Kier alpha value is -5.13. The molecular formula is C35H20N2. The molecule has 2 heteroatoms. The molecule has 0 saturated carbocycles. The van der Waals surface area contributed by atoms with E-state index in [0.29, 0.717) is 5.56 Å². The highest BCUT2D eigenvalue weighted by molar-refractivity contribution is 6.26. The van der Waals surface area contributed by atoms with E-state index < -0.39 is 0 Å². The van der Waals surface area contributed by atoms with Gasteiger partial charge in [-0.2, -0.15) is 5.26 Å². The summed E-state index contributed by atoms with van der Waals surface area (Å²) in [6, 6.07) is 45.3. The van der Waals surface area contributed by atoms with Gasteiger partial charge in [0.05, 0.1) is 22.7 Å². The standard InChI is InChI=1S/C35H20N2/c36-21-22-11-13-23(14-12-22)24-15-17-26(18-16-24)37-31-10-2-1-7-29(31)35-32(37)20-19-28-27-8-3-5-25-6-4-9-30(33(25)27)34(28)35/h1-20H. The zero-order valence-electron chi connectivity index (χ0n) is 19.9. The lowest BCUT2D eigenvalue weighted by Crippen LogP contribution is -1.94. The molecule has 1 aliphatic carbocycles. The zero-order chi connectivity index (χ0) is 24.5. The van der Waals surface area contributed by atoms with Crippen molar-refractivity contribution in [1.29, 1.82) is 5.26 Å². The van der Waals surface area contributed by atoms with E-state index in [0.717, 1.165) is 16.8 Å². The maximum Gasteiger partial charge on any atom is 0.0991 e. The molecule has 37 heavy (non-hydrogen) atoms. The number of para-hydroxylation sites is 1. The van der Waals surface area contributed by atoms with Crippen molar-refractivity contribution in [2.24, 2.45) is 0 Å². The number of hydrogen-bond acceptors (Lipinski definition) is 1. The van der Waals surface area contributed by atoms with Gasteiger partial charge < -0.3 is 4.57 Å². The predicted octanol–water partition coefficient (Wildman–Crippen LogP) is 9.12. The van der Waals surface area contributed by atoms with Crippen molar-refractivity contribution in [3.8, 4) is 45.1 Å². The van der Waals surface area contributed by atoms with Crippen molar-refractivity contribution in [1.82, 2.24) is 4.57 Å². The molecule has 0 N–H and O–H groups in total. The number of fused-ring (bicyclic) bond motifs is 7. The summed E-state index contributed by atoms with van der Waals surface area (Å²) >= 11 is 0. The van der Waals surface area contributed by atoms with E-state index in [1.807, 2.05) is 24.3 Å². The number of rotatable bonds is 2. The Bertz CT molecular complexity index is 2060. The van der Waals surface area contributed by atoms with Crippen LogP contribution in [0.1, 0.15) is 5.56 Å². The average Bonchev–Trinajstić information content (AvgIpc) is 3.48. The Morgan fingerprint density at radius 3 is 1.97 bits per heavy atom. The molecule has 170 valence electrons. The first-order valence-electron chi connectivity index (χ1n) is 12.5. The van der Waals surface area contributed by atoms with E-state index in [4.69, 9.17) is 5.26 Å². The highest BCUT2D eigenvalue weighted by Gasteiger charge is 2.26. The second kappa shape index (κ2) is 7.43. The number of benzene rings is 6. The molecule has 0 aliphatic heterocycles. The number of nitrogens with zero attached hydrogens (tertiary/aromatic N) is 2. The van der Waals surface area contributed by atoms with Crippen LogP contribution in [0.4, 0.5) is 0 Å². The number of hydrogen-bond donors (Lipinski definition) is 0. The van der Waals surface area contributed by atoms with Gasteiger partial charge >= 0.3 is 0 Å². The van der Waals surface area contributed by atoms with Crippen LogP contribution < -0.4 is 0 Å². The van der Waals surface area contributed by atoms with Gasteiger partial charge in [-0.15, -0.1) is 0 Å². The van der Waals surface area contributed by atoms with E-state index in [1.54, 1.807) is 0 Å². The van der Waals surface area contributed by atoms with Crippen LogP contribution in [0.15, 0.2) is 121 Å². The predicted molar refractivity (Wildman–Crippen MR) is 153 cm³/mol. The van der Waals surface area contributed by atoms with Crippen LogP contribution in [0.5, 0.6) is 0 Å². The summed E-state index contributed by atoms with van der Waals surface area (Å²) in [5.41, 5.74) is 11.8. The quantitative estimate of drug-likeness (QED) is 0.249. The Labute approximate surface area is 214 Å². The van der Waals surface area contributed by atoms with Gasteiger partial charge in [-0.3, -0.25) is 0 Å². The molecular weight excluding hydrogens is 448 g/mol. The van der Waals surface area contributed by atoms with Gasteiger partial charge in [0.1, 0.15) is 0 Å². The Morgan fingerprint density at radius 1 is 0.514 bits per heavy atom. The van der Waals surface area contributed by atoms with Crippen LogP contribution >= 0.6 is 0 Å². The maximum atomic E-state index is 9.11. The van der Waals surface area contributed by atoms with Crippen molar-refractivity contribution in [3.05, 3.63) is 127 Å². The Balaban J connectivity index is 1.38. The normalized spacial score (nSPS) is 11.8. The lowest BCUT2D eigenvalue weighted by molar-refractivity contribution is 1.18. The van der Waals surface area contributed by atoms with Gasteiger partial charge in [-0.1, -0.05) is 84.9 Å². The molecule has 0 unspecified atom stereocenters. The van der Waals surface area contributed by atoms with Crippen LogP contribution in [0.3, 0.4) is 0 Å². The van der Waals surface area contributed by atoms with Crippen LogP contribution in [0.2, 0.25) is 0 Å². The van der Waals surface area contributed by atoms with Gasteiger partial charge in [-0.25, -0.2) is 0 Å². The third-order valence-electron chi connectivity index (χ3n) is 7.78. The van der Waals surface area contributed by atoms with Crippen LogP contribution in [-0.4, -0.2) is 4.57 Å². The summed E-state index contributed by atoms with van der Waals surface area (Å²) in [6.07, 6.45) is 0. The molecule has 0 atom stereocenters. The maximum absolute atomic E-state index is 9.11. The highest BCUT2D eigenvalue weighted by Crippen LogP contribution is 2.52. The summed E-state index contributed by atoms with van der Waals surface area (Å²) in [6.45, 7) is 0. The third-order valence-corrected chi connectivity index (χ3v) is 7.78. The lowest BCUT2D eigenvalue weighted by atomic mass is 9.98. The van der Waals surface area contributed by atoms with Crippen molar-refractivity contribution in [2.75, 3.05) is 0 Å². The van der Waals surface area contributed by atoms with Gasteiger partial charge in [0.2, 0.25) is 0 Å². The number of aromatic nitrogens is 1. The molecule has 0 spiro atoms. The molecule has 6 aromatic carbocycles. The van der Waals surface area contributed by atoms with E-state index in [9.17, 15) is 0 Å². The van der Waals surface area contributed by atoms with Crippen LogP contribution in [-0.2, 0) is 0 Å². The average molecular weight is 469 g/mol. The SMILES string of the molecule is N#Cc1ccc(-c2ccc(-n3c4ccccc4c4c5c(ccc43)-c3cccc4cccc-5c34)cc2)cc1. The number of nitriles is 1. The van der Waals surface area contributed by atoms with Crippen molar-refractivity contribution in [3.63, 3.8) is 0 Å². The lowest BCUT2D eigenvalue weighted by Gasteiger charge is -2.10. The van der Waals surface area contributed by atoms with E-state index in [2.05, 4.69) is 108 Å². The van der Waals surface area contributed by atoms with Crippen molar-refractivity contribution >= 4 is 32.6 Å². The van der Waals surface area contributed by atoms with Crippen molar-refractivity contribution in [2.45, 2.75) is 0 Å². The Morgan fingerprint density at radius 2 is 1.22 bits per heavy atom. The fourth-order valence-corrected chi connectivity index (χ4v) is 6.16. The van der Waals surface area contributed by atoms with Gasteiger partial charge in [0.25, 0.3) is 0 Å². The fourth-order valence-electron chi connectivity index (χ4n) is 6.16. The van der Waals surface area contributed by atoms with Gasteiger partial charge in [-0.05, 0) is 75.0 Å². The minimum atomic E-state index is 0.677. The molecule has 0 amide bonds. The largest absolute Gasteiger partial charge is 0.309 e. The zero-order valence-corrected chi connectivity index (χ0v) is 19.9. The first-order chi connectivity index (χ1) is 18.3. The van der Waals surface area contributed by atoms with E-state index in [1.165, 1.54) is 54.8 Å². The second-order valence-corrected chi connectivity index (χ2v) is 9.68. The molecule has 0 bridgehead atoms. The van der Waals surface area contributed by atoms with Crippen LogP contribution in [0.25, 0.3) is 71.6 Å². The summed E-state index contributed by atoms with van der Waals surface area (Å²) in [5, 5.41) is 14.3. The minimum Gasteiger partial charge on any atom is -0.309 e. The summed E-state index contributed by atoms with van der Waals surface area (Å²) in [5.74, 6) is 0. The van der Waals surface area contributed by atoms with E-state index >= 15 is 0 Å². The molecule has 0 radical (unpaired) electrons. The highest BCUT2D eigenvalue weighted by atomic mass is 15.0. The second-order valence-electron chi connectivity index (χ2n) is 9.68. The molecule has 7 aromatic rings. The first-order valence-corrected chi connectivity index (χ1v) is 12.5. The Kier molecular flexibility index (Phi) is 4.04. The molecule has 1 heterocycles. The molecule has 1 aliphatic rings. The monoisotopic (exact) mass is 468 g/mol. The molecule has 2 nitrogen and oxygen atoms in total. The van der Waals surface area contributed by atoms with Gasteiger partial charge in [0, 0.05) is 22.0 Å². The third kappa shape index (κ3) is 2.74. The molecule has 1 aromatic heterocycles. The summed E-state index contributed by atoms with van der Waals surface area (Å²) < 4.78 is 2.39.